The van der Waals surface area contributed by atoms with Crippen molar-refractivity contribution in [2.75, 3.05) is 13.1 Å². The summed E-state index contributed by atoms with van der Waals surface area (Å²) < 4.78 is 0. The van der Waals surface area contributed by atoms with Crippen molar-refractivity contribution in [3.63, 3.8) is 0 Å². The molecular formula is C14H18N4O2. The Kier molecular flexibility index (Phi) is 6.76. The van der Waals surface area contributed by atoms with Gasteiger partial charge in [0.05, 0.1) is 6.07 Å². The van der Waals surface area contributed by atoms with E-state index in [0.29, 0.717) is 24.9 Å². The minimum atomic E-state index is -0.145. The van der Waals surface area contributed by atoms with Crippen molar-refractivity contribution in [2.45, 2.75) is 19.8 Å². The number of carbonyl (C=O) groups is 2. The Labute approximate surface area is 118 Å². The summed E-state index contributed by atoms with van der Waals surface area (Å²) in [5.41, 5.74) is 0.569. The number of hydrogen-bond donors (Lipinski definition) is 2. The molecule has 0 fully saturated rings. The van der Waals surface area contributed by atoms with Crippen molar-refractivity contribution in [1.29, 1.82) is 5.26 Å². The Hall–Kier alpha value is -2.42. The van der Waals surface area contributed by atoms with Crippen molar-refractivity contribution < 1.29 is 9.59 Å². The highest BCUT2D eigenvalue weighted by Gasteiger charge is 2.10. The van der Waals surface area contributed by atoms with Crippen molar-refractivity contribution >= 4 is 11.8 Å². The van der Waals surface area contributed by atoms with Gasteiger partial charge in [0, 0.05) is 30.9 Å². The zero-order valence-electron chi connectivity index (χ0n) is 11.4. The number of amides is 2. The smallest absolute Gasteiger partial charge is 0.251 e. The SMILES string of the molecule is CC(CCNC(=O)c1ccncc1)CC(=O)NCC#N. The lowest BCUT2D eigenvalue weighted by atomic mass is 10.0. The fourth-order valence-corrected chi connectivity index (χ4v) is 1.67. The molecule has 0 saturated heterocycles. The molecule has 2 amide bonds. The predicted octanol–water partition coefficient (Wildman–Crippen LogP) is 0.867. The third-order valence-corrected chi connectivity index (χ3v) is 2.76. The molecular weight excluding hydrogens is 256 g/mol. The number of nitrogens with one attached hydrogen (secondary N) is 2. The molecule has 1 atom stereocenters. The van der Waals surface area contributed by atoms with E-state index in [2.05, 4.69) is 15.6 Å². The topological polar surface area (TPSA) is 94.9 Å². The maximum atomic E-state index is 11.7. The number of nitriles is 1. The van der Waals surface area contributed by atoms with E-state index in [1.807, 2.05) is 13.0 Å². The van der Waals surface area contributed by atoms with Gasteiger partial charge in [0.15, 0.2) is 0 Å². The second-order valence-electron chi connectivity index (χ2n) is 4.52. The highest BCUT2D eigenvalue weighted by atomic mass is 16.2. The van der Waals surface area contributed by atoms with Crippen molar-refractivity contribution in [2.24, 2.45) is 5.92 Å². The van der Waals surface area contributed by atoms with Gasteiger partial charge in [-0.05, 0) is 24.5 Å². The monoisotopic (exact) mass is 274 g/mol. The fraction of sp³-hybridized carbons (Fsp3) is 0.429. The highest BCUT2D eigenvalue weighted by molar-refractivity contribution is 5.93. The molecule has 0 radical (unpaired) electrons. The summed E-state index contributed by atoms with van der Waals surface area (Å²) in [6, 6.07) is 5.15. The minimum absolute atomic E-state index is 0.0321. The van der Waals surface area contributed by atoms with E-state index in [0.717, 1.165) is 0 Å². The van der Waals surface area contributed by atoms with Gasteiger partial charge in [-0.15, -0.1) is 0 Å². The molecule has 1 heterocycles. The second kappa shape index (κ2) is 8.64. The Morgan fingerprint density at radius 2 is 2.05 bits per heavy atom. The predicted molar refractivity (Wildman–Crippen MR) is 73.6 cm³/mol. The van der Waals surface area contributed by atoms with Gasteiger partial charge in [-0.3, -0.25) is 14.6 Å². The first kappa shape index (κ1) is 15.6. The fourth-order valence-electron chi connectivity index (χ4n) is 1.67. The summed E-state index contributed by atoms with van der Waals surface area (Å²) in [7, 11) is 0. The normalized spacial score (nSPS) is 11.2. The van der Waals surface area contributed by atoms with Crippen molar-refractivity contribution in [3.05, 3.63) is 30.1 Å². The van der Waals surface area contributed by atoms with Crippen LogP contribution in [-0.2, 0) is 4.79 Å². The third kappa shape index (κ3) is 5.96. The van der Waals surface area contributed by atoms with Crippen LogP contribution in [0.1, 0.15) is 30.1 Å². The molecule has 0 saturated carbocycles. The first-order valence-corrected chi connectivity index (χ1v) is 6.45. The Morgan fingerprint density at radius 3 is 2.70 bits per heavy atom. The van der Waals surface area contributed by atoms with Gasteiger partial charge in [0.25, 0.3) is 5.91 Å². The molecule has 6 nitrogen and oxygen atoms in total. The van der Waals surface area contributed by atoms with Crippen LogP contribution in [0.4, 0.5) is 0 Å². The molecule has 1 unspecified atom stereocenters. The highest BCUT2D eigenvalue weighted by Crippen LogP contribution is 2.06. The molecule has 0 bridgehead atoms. The average molecular weight is 274 g/mol. The Morgan fingerprint density at radius 1 is 1.35 bits per heavy atom. The van der Waals surface area contributed by atoms with Crippen LogP contribution >= 0.6 is 0 Å². The van der Waals surface area contributed by atoms with Gasteiger partial charge < -0.3 is 10.6 Å². The van der Waals surface area contributed by atoms with E-state index in [4.69, 9.17) is 5.26 Å². The molecule has 1 rings (SSSR count). The van der Waals surface area contributed by atoms with Crippen molar-refractivity contribution in [1.82, 2.24) is 15.6 Å². The third-order valence-electron chi connectivity index (χ3n) is 2.76. The molecule has 20 heavy (non-hydrogen) atoms. The van der Waals surface area contributed by atoms with Crippen molar-refractivity contribution in [3.8, 4) is 6.07 Å². The Balaban J connectivity index is 2.22. The lowest BCUT2D eigenvalue weighted by Gasteiger charge is -2.11. The molecule has 0 aliphatic heterocycles. The molecule has 0 aliphatic carbocycles. The lowest BCUT2D eigenvalue weighted by molar-refractivity contribution is -0.121. The summed E-state index contributed by atoms with van der Waals surface area (Å²) in [4.78, 5) is 27.0. The van der Waals surface area contributed by atoms with Crippen LogP contribution in [0.5, 0.6) is 0 Å². The molecule has 0 aromatic carbocycles. The van der Waals surface area contributed by atoms with Gasteiger partial charge >= 0.3 is 0 Å². The van der Waals surface area contributed by atoms with Crippen LogP contribution in [0.15, 0.2) is 24.5 Å². The quantitative estimate of drug-likeness (QED) is 0.721. The number of aromatic nitrogens is 1. The van der Waals surface area contributed by atoms with Crippen LogP contribution in [-0.4, -0.2) is 29.9 Å². The van der Waals surface area contributed by atoms with Crippen LogP contribution in [0.2, 0.25) is 0 Å². The number of rotatable bonds is 7. The molecule has 1 aromatic rings. The molecule has 6 heteroatoms. The summed E-state index contributed by atoms with van der Waals surface area (Å²) >= 11 is 0. The first-order chi connectivity index (χ1) is 9.63. The Bertz CT molecular complexity index is 482. The second-order valence-corrected chi connectivity index (χ2v) is 4.52. The zero-order chi connectivity index (χ0) is 14.8. The summed E-state index contributed by atoms with van der Waals surface area (Å²) in [6.45, 7) is 2.47. The summed E-state index contributed by atoms with van der Waals surface area (Å²) in [5, 5.41) is 13.6. The summed E-state index contributed by atoms with van der Waals surface area (Å²) in [6.07, 6.45) is 4.19. The van der Waals surface area contributed by atoms with E-state index in [-0.39, 0.29) is 24.3 Å². The van der Waals surface area contributed by atoms with Crippen LogP contribution in [0, 0.1) is 17.2 Å². The lowest BCUT2D eigenvalue weighted by Crippen LogP contribution is -2.28. The minimum Gasteiger partial charge on any atom is -0.352 e. The van der Waals surface area contributed by atoms with Crippen LogP contribution < -0.4 is 10.6 Å². The zero-order valence-corrected chi connectivity index (χ0v) is 11.4. The molecule has 2 N–H and O–H groups in total. The van der Waals surface area contributed by atoms with Gasteiger partial charge in [-0.2, -0.15) is 5.26 Å². The average Bonchev–Trinajstić information content (AvgIpc) is 2.45. The maximum absolute atomic E-state index is 11.7. The van der Waals surface area contributed by atoms with Gasteiger partial charge in [0.2, 0.25) is 5.91 Å². The van der Waals surface area contributed by atoms with Gasteiger partial charge in [-0.1, -0.05) is 6.92 Å². The maximum Gasteiger partial charge on any atom is 0.251 e. The number of carbonyl (C=O) groups excluding carboxylic acids is 2. The summed E-state index contributed by atoms with van der Waals surface area (Å²) in [5.74, 6) is -0.139. The molecule has 1 aromatic heterocycles. The van der Waals surface area contributed by atoms with Gasteiger partial charge in [0.1, 0.15) is 6.54 Å². The number of hydrogen-bond acceptors (Lipinski definition) is 4. The van der Waals surface area contributed by atoms with E-state index < -0.39 is 0 Å². The van der Waals surface area contributed by atoms with Crippen LogP contribution in [0.25, 0.3) is 0 Å². The van der Waals surface area contributed by atoms with E-state index in [9.17, 15) is 9.59 Å². The van der Waals surface area contributed by atoms with E-state index in [1.165, 1.54) is 0 Å². The van der Waals surface area contributed by atoms with Crippen LogP contribution in [0.3, 0.4) is 0 Å². The first-order valence-electron chi connectivity index (χ1n) is 6.45. The standard InChI is InChI=1S/C14H18N4O2/c1-11(10-13(19)17-9-5-15)2-8-18-14(20)12-3-6-16-7-4-12/h3-4,6-7,11H,2,8-10H2,1H3,(H,17,19)(H,18,20). The largest absolute Gasteiger partial charge is 0.352 e. The number of pyridine rings is 1. The number of nitrogens with zero attached hydrogens (tertiary/aromatic N) is 2. The molecule has 0 spiro atoms. The molecule has 0 aliphatic rings. The van der Waals surface area contributed by atoms with Gasteiger partial charge in [-0.25, -0.2) is 0 Å². The molecule has 106 valence electrons. The van der Waals surface area contributed by atoms with E-state index in [1.54, 1.807) is 24.5 Å². The van der Waals surface area contributed by atoms with E-state index >= 15 is 0 Å².